The Bertz CT molecular complexity index is 697. The van der Waals surface area contributed by atoms with Gasteiger partial charge in [-0.25, -0.2) is 4.79 Å². The third-order valence-corrected chi connectivity index (χ3v) is 5.62. The number of benzene rings is 1. The zero-order valence-electron chi connectivity index (χ0n) is 14.6. The summed E-state index contributed by atoms with van der Waals surface area (Å²) < 4.78 is 10.6. The molecule has 2 amide bonds. The maximum Gasteiger partial charge on any atom is 0.319 e. The third-order valence-electron chi connectivity index (χ3n) is 4.66. The molecule has 1 aliphatic rings. The van der Waals surface area contributed by atoms with Gasteiger partial charge in [0.1, 0.15) is 11.5 Å². The molecule has 1 saturated carbocycles. The van der Waals surface area contributed by atoms with Crippen LogP contribution in [0.2, 0.25) is 0 Å². The molecule has 5 nitrogen and oxygen atoms in total. The van der Waals surface area contributed by atoms with E-state index < -0.39 is 0 Å². The van der Waals surface area contributed by atoms with Gasteiger partial charge in [0, 0.05) is 10.9 Å². The molecule has 6 heteroatoms. The predicted molar refractivity (Wildman–Crippen MR) is 101 cm³/mol. The lowest BCUT2D eigenvalue weighted by atomic mass is 9.97. The fourth-order valence-corrected chi connectivity index (χ4v) is 4.26. The molecule has 1 aromatic heterocycles. The van der Waals surface area contributed by atoms with E-state index in [1.54, 1.807) is 43.8 Å². The van der Waals surface area contributed by atoms with Crippen LogP contribution in [-0.4, -0.2) is 20.3 Å². The fraction of sp³-hybridized carbons (Fsp3) is 0.421. The summed E-state index contributed by atoms with van der Waals surface area (Å²) in [6.07, 6.45) is 4.79. The Morgan fingerprint density at radius 1 is 1.20 bits per heavy atom. The fourth-order valence-electron chi connectivity index (χ4n) is 3.39. The number of nitrogens with one attached hydrogen (secondary N) is 2. The molecule has 2 aromatic rings. The lowest BCUT2D eigenvalue weighted by molar-refractivity contribution is 0.243. The van der Waals surface area contributed by atoms with Gasteiger partial charge in [-0.3, -0.25) is 0 Å². The molecule has 0 spiro atoms. The van der Waals surface area contributed by atoms with Crippen LogP contribution >= 0.6 is 11.3 Å². The Morgan fingerprint density at radius 2 is 2.00 bits per heavy atom. The summed E-state index contributed by atoms with van der Waals surface area (Å²) >= 11 is 1.69. The average molecular weight is 360 g/mol. The number of thiophene rings is 1. The number of urea groups is 1. The number of anilines is 1. The van der Waals surface area contributed by atoms with Gasteiger partial charge in [-0.15, -0.1) is 11.3 Å². The van der Waals surface area contributed by atoms with E-state index in [0.717, 1.165) is 12.8 Å². The maximum absolute atomic E-state index is 12.6. The Balaban J connectivity index is 1.74. The topological polar surface area (TPSA) is 59.6 Å². The highest BCUT2D eigenvalue weighted by atomic mass is 32.1. The summed E-state index contributed by atoms with van der Waals surface area (Å²) in [6.45, 7) is 0. The molecule has 1 atom stereocenters. The first-order valence-corrected chi connectivity index (χ1v) is 9.42. The van der Waals surface area contributed by atoms with E-state index in [2.05, 4.69) is 22.1 Å². The number of carbonyl (C=O) groups is 1. The quantitative estimate of drug-likeness (QED) is 0.776. The second kappa shape index (κ2) is 8.25. The van der Waals surface area contributed by atoms with Crippen molar-refractivity contribution >= 4 is 23.1 Å². The lowest BCUT2D eigenvalue weighted by Crippen LogP contribution is -2.35. The molecule has 3 rings (SSSR count). The van der Waals surface area contributed by atoms with Crippen molar-refractivity contribution in [2.75, 3.05) is 19.5 Å². The van der Waals surface area contributed by atoms with Crippen LogP contribution in [0.25, 0.3) is 0 Å². The molecule has 0 aliphatic heterocycles. The second-order valence-corrected chi connectivity index (χ2v) is 7.18. The highest BCUT2D eigenvalue weighted by Crippen LogP contribution is 2.37. The second-order valence-electron chi connectivity index (χ2n) is 6.20. The Morgan fingerprint density at radius 3 is 2.64 bits per heavy atom. The van der Waals surface area contributed by atoms with E-state index in [1.807, 2.05) is 6.07 Å². The van der Waals surface area contributed by atoms with Crippen LogP contribution in [0.3, 0.4) is 0 Å². The summed E-state index contributed by atoms with van der Waals surface area (Å²) in [5, 5.41) is 8.12. The third kappa shape index (κ3) is 4.25. The monoisotopic (exact) mass is 360 g/mol. The van der Waals surface area contributed by atoms with Gasteiger partial charge in [-0.05, 0) is 42.3 Å². The van der Waals surface area contributed by atoms with Crippen LogP contribution < -0.4 is 20.1 Å². The van der Waals surface area contributed by atoms with E-state index in [0.29, 0.717) is 23.1 Å². The van der Waals surface area contributed by atoms with Gasteiger partial charge >= 0.3 is 6.03 Å². The zero-order valence-corrected chi connectivity index (χ0v) is 15.4. The molecular weight excluding hydrogens is 336 g/mol. The Kier molecular flexibility index (Phi) is 5.81. The predicted octanol–water partition coefficient (Wildman–Crippen LogP) is 4.82. The van der Waals surface area contributed by atoms with Crippen molar-refractivity contribution in [1.82, 2.24) is 5.32 Å². The van der Waals surface area contributed by atoms with Crippen LogP contribution in [0.4, 0.5) is 10.5 Å². The molecule has 1 aromatic carbocycles. The van der Waals surface area contributed by atoms with Gasteiger partial charge in [0.25, 0.3) is 0 Å². The van der Waals surface area contributed by atoms with Gasteiger partial charge in [-0.1, -0.05) is 18.9 Å². The molecule has 25 heavy (non-hydrogen) atoms. The highest BCUT2D eigenvalue weighted by Gasteiger charge is 2.28. The molecule has 1 fully saturated rings. The van der Waals surface area contributed by atoms with Crippen molar-refractivity contribution < 1.29 is 14.3 Å². The van der Waals surface area contributed by atoms with E-state index in [9.17, 15) is 4.79 Å². The van der Waals surface area contributed by atoms with Crippen molar-refractivity contribution in [3.8, 4) is 11.5 Å². The van der Waals surface area contributed by atoms with Crippen molar-refractivity contribution in [2.45, 2.75) is 31.7 Å². The number of amides is 2. The van der Waals surface area contributed by atoms with E-state index in [-0.39, 0.29) is 12.1 Å². The minimum absolute atomic E-state index is 0.0547. The Hall–Kier alpha value is -2.21. The molecule has 134 valence electrons. The minimum Gasteiger partial charge on any atom is -0.497 e. The van der Waals surface area contributed by atoms with Crippen LogP contribution in [-0.2, 0) is 0 Å². The van der Waals surface area contributed by atoms with Crippen LogP contribution in [0, 0.1) is 5.92 Å². The van der Waals surface area contributed by atoms with Crippen molar-refractivity contribution in [3.63, 3.8) is 0 Å². The van der Waals surface area contributed by atoms with Gasteiger partial charge in [0.2, 0.25) is 0 Å². The average Bonchev–Trinajstić information content (AvgIpc) is 3.33. The van der Waals surface area contributed by atoms with Crippen molar-refractivity contribution in [1.29, 1.82) is 0 Å². The van der Waals surface area contributed by atoms with Crippen molar-refractivity contribution in [3.05, 3.63) is 40.6 Å². The number of methoxy groups -OCH3 is 2. The van der Waals surface area contributed by atoms with Gasteiger partial charge in [-0.2, -0.15) is 0 Å². The largest absolute Gasteiger partial charge is 0.497 e. The van der Waals surface area contributed by atoms with Crippen molar-refractivity contribution in [2.24, 2.45) is 5.92 Å². The molecular formula is C19H24N2O3S. The SMILES string of the molecule is COc1ccc(OC)c(NC(=O)NC(c2cccs2)C2CCCC2)c1. The summed E-state index contributed by atoms with van der Waals surface area (Å²) in [6, 6.07) is 9.30. The minimum atomic E-state index is -0.225. The first-order valence-electron chi connectivity index (χ1n) is 8.54. The molecule has 0 bridgehead atoms. The van der Waals surface area contributed by atoms with E-state index >= 15 is 0 Å². The molecule has 1 aliphatic carbocycles. The first kappa shape index (κ1) is 17.6. The molecule has 0 radical (unpaired) electrons. The number of hydrogen-bond acceptors (Lipinski definition) is 4. The molecule has 1 heterocycles. The molecule has 2 N–H and O–H groups in total. The van der Waals surface area contributed by atoms with Gasteiger partial charge in [0.05, 0.1) is 25.9 Å². The Labute approximate surface area is 152 Å². The summed E-state index contributed by atoms with van der Waals surface area (Å²) in [5.74, 6) is 1.77. The number of rotatable bonds is 6. The number of hydrogen-bond donors (Lipinski definition) is 2. The van der Waals surface area contributed by atoms with E-state index in [1.165, 1.54) is 17.7 Å². The zero-order chi connectivity index (χ0) is 17.6. The summed E-state index contributed by atoms with van der Waals surface area (Å²) in [7, 11) is 3.18. The standard InChI is InChI=1S/C19H24N2O3S/c1-23-14-9-10-16(24-2)15(12-14)20-19(22)21-18(13-6-3-4-7-13)17-8-5-11-25-17/h5,8-13,18H,3-4,6-7H2,1-2H3,(H2,20,21,22). The van der Waals surface area contributed by atoms with Crippen LogP contribution in [0.1, 0.15) is 36.6 Å². The smallest absolute Gasteiger partial charge is 0.319 e. The van der Waals surface area contributed by atoms with E-state index in [4.69, 9.17) is 9.47 Å². The number of carbonyl (C=O) groups excluding carboxylic acids is 1. The highest BCUT2D eigenvalue weighted by molar-refractivity contribution is 7.10. The molecule has 0 saturated heterocycles. The maximum atomic E-state index is 12.6. The summed E-state index contributed by atoms with van der Waals surface area (Å²) in [4.78, 5) is 13.8. The van der Waals surface area contributed by atoms with Gasteiger partial charge in [0.15, 0.2) is 0 Å². The lowest BCUT2D eigenvalue weighted by Gasteiger charge is -2.24. The van der Waals surface area contributed by atoms with Crippen LogP contribution in [0.5, 0.6) is 11.5 Å². The number of ether oxygens (including phenoxy) is 2. The van der Waals surface area contributed by atoms with Crippen LogP contribution in [0.15, 0.2) is 35.7 Å². The molecule has 1 unspecified atom stereocenters. The first-order chi connectivity index (χ1) is 12.2. The normalized spacial score (nSPS) is 15.6. The van der Waals surface area contributed by atoms with Gasteiger partial charge < -0.3 is 20.1 Å². The summed E-state index contributed by atoms with van der Waals surface area (Å²) in [5.41, 5.74) is 0.593.